The Bertz CT molecular complexity index is 1270. The Morgan fingerprint density at radius 2 is 1.83 bits per heavy atom. The molecule has 2 amide bonds. The van der Waals surface area contributed by atoms with Crippen molar-refractivity contribution in [1.29, 1.82) is 0 Å². The van der Waals surface area contributed by atoms with Gasteiger partial charge in [-0.15, -0.1) is 0 Å². The highest BCUT2D eigenvalue weighted by Gasteiger charge is 2.29. The smallest absolute Gasteiger partial charge is 0.275 e. The molecule has 3 heterocycles. The van der Waals surface area contributed by atoms with Crippen LogP contribution in [0, 0.1) is 0 Å². The third kappa shape index (κ3) is 5.08. The first-order valence-corrected chi connectivity index (χ1v) is 11.7. The van der Waals surface area contributed by atoms with E-state index in [0.717, 1.165) is 13.1 Å². The second kappa shape index (κ2) is 10.2. The second-order valence-electron chi connectivity index (χ2n) is 8.70. The molecule has 0 radical (unpaired) electrons. The van der Waals surface area contributed by atoms with Crippen LogP contribution in [0.2, 0.25) is 0 Å². The van der Waals surface area contributed by atoms with Crippen LogP contribution in [-0.4, -0.2) is 78.8 Å². The Hall–Kier alpha value is -4.18. The highest BCUT2D eigenvalue weighted by atomic mass is 16.5. The summed E-state index contributed by atoms with van der Waals surface area (Å²) in [6.07, 6.45) is 1.32. The highest BCUT2D eigenvalue weighted by Crippen LogP contribution is 2.34. The fraction of sp³-hybridized carbons (Fsp3) is 0.308. The summed E-state index contributed by atoms with van der Waals surface area (Å²) in [5.74, 6) is 0.537. The molecule has 2 aromatic carbocycles. The molecule has 2 aliphatic heterocycles. The fourth-order valence-electron chi connectivity index (χ4n) is 4.09. The van der Waals surface area contributed by atoms with Crippen LogP contribution in [0.15, 0.2) is 59.2 Å². The van der Waals surface area contributed by atoms with Crippen LogP contribution in [0.3, 0.4) is 0 Å². The van der Waals surface area contributed by atoms with E-state index in [4.69, 9.17) is 13.9 Å². The number of ketones is 1. The van der Waals surface area contributed by atoms with Gasteiger partial charge in [0, 0.05) is 31.7 Å². The number of amides is 2. The lowest BCUT2D eigenvalue weighted by molar-refractivity contribution is -0.121. The topological polar surface area (TPSA) is 105 Å². The minimum Gasteiger partial charge on any atom is -0.485 e. The molecule has 186 valence electrons. The van der Waals surface area contributed by atoms with Gasteiger partial charge in [0.2, 0.25) is 5.89 Å². The maximum Gasteiger partial charge on any atom is 0.275 e. The first-order valence-electron chi connectivity index (χ1n) is 11.7. The number of ether oxygens (including phenoxy) is 2. The lowest BCUT2D eigenvalue weighted by atomic mass is 10.1. The Morgan fingerprint density at radius 1 is 1.06 bits per heavy atom. The zero-order valence-corrected chi connectivity index (χ0v) is 19.9. The van der Waals surface area contributed by atoms with Crippen molar-refractivity contribution in [2.45, 2.75) is 6.54 Å². The minimum atomic E-state index is -0.308. The number of carbonyl (C=O) groups excluding carboxylic acids is 3. The largest absolute Gasteiger partial charge is 0.485 e. The van der Waals surface area contributed by atoms with Gasteiger partial charge < -0.3 is 23.7 Å². The summed E-state index contributed by atoms with van der Waals surface area (Å²) in [7, 11) is 2.02. The summed E-state index contributed by atoms with van der Waals surface area (Å²) in [5, 5.41) is 0. The zero-order valence-electron chi connectivity index (χ0n) is 19.9. The zero-order chi connectivity index (χ0) is 25.1. The fourth-order valence-corrected chi connectivity index (χ4v) is 4.09. The van der Waals surface area contributed by atoms with E-state index in [0.29, 0.717) is 35.8 Å². The second-order valence-corrected chi connectivity index (χ2v) is 8.70. The van der Waals surface area contributed by atoms with Gasteiger partial charge in [0.1, 0.15) is 24.3 Å². The Kier molecular flexibility index (Phi) is 6.68. The van der Waals surface area contributed by atoms with Gasteiger partial charge >= 0.3 is 0 Å². The molecule has 0 aliphatic carbocycles. The molecule has 5 rings (SSSR count). The number of para-hydroxylation sites is 1. The lowest BCUT2D eigenvalue weighted by Gasteiger charge is -2.31. The van der Waals surface area contributed by atoms with Crippen LogP contribution in [0.1, 0.15) is 26.7 Å². The van der Waals surface area contributed by atoms with Gasteiger partial charge in [-0.2, -0.15) is 0 Å². The minimum absolute atomic E-state index is 0.00334. The van der Waals surface area contributed by atoms with E-state index >= 15 is 0 Å². The summed E-state index contributed by atoms with van der Waals surface area (Å²) in [6, 6.07) is 14.0. The van der Waals surface area contributed by atoms with Gasteiger partial charge in [0.15, 0.2) is 24.7 Å². The van der Waals surface area contributed by atoms with Crippen LogP contribution in [0.4, 0.5) is 5.69 Å². The predicted octanol–water partition coefficient (Wildman–Crippen LogP) is 2.25. The maximum atomic E-state index is 12.8. The van der Waals surface area contributed by atoms with Crippen molar-refractivity contribution >= 4 is 23.3 Å². The van der Waals surface area contributed by atoms with Crippen LogP contribution in [-0.2, 0) is 11.3 Å². The van der Waals surface area contributed by atoms with Crippen LogP contribution in [0.25, 0.3) is 0 Å². The van der Waals surface area contributed by atoms with Crippen LogP contribution >= 0.6 is 0 Å². The maximum absolute atomic E-state index is 12.8. The Labute approximate surface area is 208 Å². The number of hydrogen-bond donors (Lipinski definition) is 0. The summed E-state index contributed by atoms with van der Waals surface area (Å²) >= 11 is 0. The number of hydrogen-bond acceptors (Lipinski definition) is 8. The van der Waals surface area contributed by atoms with E-state index in [1.807, 2.05) is 25.2 Å². The van der Waals surface area contributed by atoms with E-state index in [1.54, 1.807) is 35.2 Å². The number of benzene rings is 2. The molecule has 2 aliphatic rings. The molecule has 0 atom stereocenters. The monoisotopic (exact) mass is 490 g/mol. The number of carbonyl (C=O) groups is 3. The van der Waals surface area contributed by atoms with Crippen molar-refractivity contribution in [2.75, 3.05) is 51.3 Å². The van der Waals surface area contributed by atoms with E-state index in [9.17, 15) is 14.4 Å². The van der Waals surface area contributed by atoms with Crippen molar-refractivity contribution in [3.8, 4) is 11.5 Å². The Morgan fingerprint density at radius 3 is 2.61 bits per heavy atom. The summed E-state index contributed by atoms with van der Waals surface area (Å²) < 4.78 is 16.7. The number of anilines is 1. The van der Waals surface area contributed by atoms with Crippen molar-refractivity contribution in [3.05, 3.63) is 71.9 Å². The van der Waals surface area contributed by atoms with Crippen molar-refractivity contribution in [3.63, 3.8) is 0 Å². The molecule has 0 unspecified atom stereocenters. The molecule has 1 saturated heterocycles. The van der Waals surface area contributed by atoms with Crippen LogP contribution < -0.4 is 14.4 Å². The number of piperazine rings is 1. The molecular weight excluding hydrogens is 464 g/mol. The van der Waals surface area contributed by atoms with E-state index in [2.05, 4.69) is 9.88 Å². The number of nitrogens with zero attached hydrogens (tertiary/aromatic N) is 4. The summed E-state index contributed by atoms with van der Waals surface area (Å²) in [6.45, 7) is 2.55. The lowest BCUT2D eigenvalue weighted by Crippen LogP contribution is -2.47. The molecule has 36 heavy (non-hydrogen) atoms. The molecule has 10 nitrogen and oxygen atoms in total. The van der Waals surface area contributed by atoms with Gasteiger partial charge in [-0.3, -0.25) is 19.3 Å². The number of aromatic nitrogens is 1. The van der Waals surface area contributed by atoms with E-state index in [-0.39, 0.29) is 48.9 Å². The van der Waals surface area contributed by atoms with Gasteiger partial charge in [0.25, 0.3) is 11.8 Å². The van der Waals surface area contributed by atoms with Crippen molar-refractivity contribution in [2.24, 2.45) is 0 Å². The average molecular weight is 491 g/mol. The summed E-state index contributed by atoms with van der Waals surface area (Å²) in [4.78, 5) is 47.9. The predicted molar refractivity (Wildman–Crippen MR) is 129 cm³/mol. The number of oxazole rings is 1. The average Bonchev–Trinajstić information content (AvgIpc) is 3.38. The van der Waals surface area contributed by atoms with Crippen LogP contribution in [0.5, 0.6) is 11.5 Å². The van der Waals surface area contributed by atoms with Gasteiger partial charge in [-0.05, 0) is 37.4 Å². The third-order valence-electron chi connectivity index (χ3n) is 6.19. The molecule has 0 N–H and O–H groups in total. The van der Waals surface area contributed by atoms with Crippen molar-refractivity contribution < 1.29 is 28.3 Å². The SMILES string of the molecule is CN1CCN(C(=O)c2coc(CN3C(=O)COc4ccc(C(=O)COc5ccccc5)cc43)n2)CC1. The molecule has 0 saturated carbocycles. The number of fused-ring (bicyclic) bond motifs is 1. The molecule has 1 fully saturated rings. The first-order chi connectivity index (χ1) is 17.5. The number of Topliss-reactive ketones (excluding diaryl/α,β-unsaturated/α-hetero) is 1. The molecule has 10 heteroatoms. The molecule has 3 aromatic rings. The number of rotatable bonds is 7. The van der Waals surface area contributed by atoms with Gasteiger partial charge in [-0.1, -0.05) is 18.2 Å². The summed E-state index contributed by atoms with van der Waals surface area (Å²) in [5.41, 5.74) is 1.02. The first kappa shape index (κ1) is 23.6. The quantitative estimate of drug-likeness (QED) is 0.465. The van der Waals surface area contributed by atoms with Gasteiger partial charge in [0.05, 0.1) is 5.69 Å². The van der Waals surface area contributed by atoms with Crippen molar-refractivity contribution in [1.82, 2.24) is 14.8 Å². The number of likely N-dealkylation sites (N-methyl/N-ethyl adjacent to an activating group) is 1. The molecular formula is C26H26N4O6. The molecule has 0 spiro atoms. The van der Waals surface area contributed by atoms with Gasteiger partial charge in [-0.25, -0.2) is 4.98 Å². The molecule has 1 aromatic heterocycles. The van der Waals surface area contributed by atoms with E-state index in [1.165, 1.54) is 11.2 Å². The third-order valence-corrected chi connectivity index (χ3v) is 6.19. The molecule has 0 bridgehead atoms. The van der Waals surface area contributed by atoms with E-state index < -0.39 is 0 Å². The normalized spacial score (nSPS) is 15.9. The highest BCUT2D eigenvalue weighted by molar-refractivity contribution is 6.02. The Balaban J connectivity index is 1.30. The standard InChI is InChI=1S/C26H26N4O6/c1-28-9-11-29(12-10-28)26(33)20-15-36-24(27-20)14-30-21-13-18(7-8-23(21)35-17-25(30)32)22(31)16-34-19-5-3-2-4-6-19/h2-8,13,15H,9-12,14,16-17H2,1H3.